The Morgan fingerprint density at radius 3 is 2.76 bits per heavy atom. The molecule has 2 bridgehead atoms. The average Bonchev–Trinajstić information content (AvgIpc) is 3.52. The summed E-state index contributed by atoms with van der Waals surface area (Å²) in [5.41, 5.74) is -0.109. The molecular formula is C26H41N5O6S. The van der Waals surface area contributed by atoms with Crippen LogP contribution in [0.15, 0.2) is 18.3 Å². The molecule has 1 aromatic rings. The van der Waals surface area contributed by atoms with E-state index < -0.39 is 41.9 Å². The second-order valence-electron chi connectivity index (χ2n) is 11.5. The Morgan fingerprint density at radius 1 is 1.18 bits per heavy atom. The van der Waals surface area contributed by atoms with Gasteiger partial charge in [0.05, 0.1) is 29.3 Å². The van der Waals surface area contributed by atoms with Gasteiger partial charge in [-0.15, -0.1) is 11.8 Å². The van der Waals surface area contributed by atoms with E-state index in [0.29, 0.717) is 37.0 Å². The molecule has 38 heavy (non-hydrogen) atoms. The molecule has 0 unspecified atom stereocenters. The highest BCUT2D eigenvalue weighted by molar-refractivity contribution is 8.00. The Labute approximate surface area is 227 Å². The maximum atomic E-state index is 13.6. The Morgan fingerprint density at radius 2 is 2.00 bits per heavy atom. The Bertz CT molecular complexity index is 951. The summed E-state index contributed by atoms with van der Waals surface area (Å²) in [5, 5.41) is 49.2. The topological polar surface area (TPSA) is 162 Å². The van der Waals surface area contributed by atoms with E-state index in [1.807, 2.05) is 12.2 Å². The molecule has 1 aromatic heterocycles. The quantitative estimate of drug-likeness (QED) is 0.287. The Balaban J connectivity index is 1.30. The number of aliphatic hydroxyl groups excluding tert-OH is 3. The van der Waals surface area contributed by atoms with Crippen molar-refractivity contribution in [2.45, 2.75) is 99.2 Å². The largest absolute Gasteiger partial charge is 0.388 e. The van der Waals surface area contributed by atoms with Crippen molar-refractivity contribution in [2.24, 2.45) is 17.8 Å². The maximum absolute atomic E-state index is 13.6. The summed E-state index contributed by atoms with van der Waals surface area (Å²) < 4.78 is 12.4. The average molecular weight is 552 g/mol. The lowest BCUT2D eigenvalue weighted by molar-refractivity contribution is -0.205. The van der Waals surface area contributed by atoms with Gasteiger partial charge in [-0.05, 0) is 49.9 Å². The lowest BCUT2D eigenvalue weighted by Gasteiger charge is -2.44. The van der Waals surface area contributed by atoms with Gasteiger partial charge in [0.2, 0.25) is 5.91 Å². The second-order valence-corrected chi connectivity index (χ2v) is 12.8. The number of amides is 1. The van der Waals surface area contributed by atoms with Crippen molar-refractivity contribution in [3.8, 4) is 0 Å². The van der Waals surface area contributed by atoms with Crippen LogP contribution in [0.25, 0.3) is 0 Å². The number of allylic oxidation sites excluding steroid dienone is 1. The van der Waals surface area contributed by atoms with Crippen LogP contribution in [0.2, 0.25) is 0 Å². The molecule has 6 N–H and O–H groups in total. The minimum absolute atomic E-state index is 0.162. The Hall–Kier alpha value is -1.54. The minimum Gasteiger partial charge on any atom is -0.388 e. The number of hydrogen-bond acceptors (Lipinski definition) is 10. The number of aromatic amines is 1. The molecule has 3 fully saturated rings. The Kier molecular flexibility index (Phi) is 9.08. The zero-order valence-electron chi connectivity index (χ0n) is 22.0. The van der Waals surface area contributed by atoms with Crippen molar-refractivity contribution in [1.29, 1.82) is 0 Å². The van der Waals surface area contributed by atoms with Gasteiger partial charge in [-0.25, -0.2) is 0 Å². The van der Waals surface area contributed by atoms with Crippen LogP contribution in [0.5, 0.6) is 0 Å². The summed E-state index contributed by atoms with van der Waals surface area (Å²) in [6.45, 7) is 5.87. The van der Waals surface area contributed by atoms with Crippen molar-refractivity contribution in [3.05, 3.63) is 24.0 Å². The fraction of sp³-hybridized carbons (Fsp3) is 0.808. The molecule has 1 amide bonds. The fourth-order valence-electron chi connectivity index (χ4n) is 6.37. The molecule has 5 heterocycles. The van der Waals surface area contributed by atoms with Crippen LogP contribution in [0.3, 0.4) is 0 Å². The summed E-state index contributed by atoms with van der Waals surface area (Å²) >= 11 is 1.32. The minimum atomic E-state index is -1.41. The van der Waals surface area contributed by atoms with Gasteiger partial charge >= 0.3 is 0 Å². The first-order valence-electron chi connectivity index (χ1n) is 13.8. The van der Waals surface area contributed by atoms with E-state index in [-0.39, 0.29) is 23.2 Å². The molecule has 4 aliphatic rings. The molecule has 5 rings (SSSR count). The number of fused-ring (bicyclic) bond motifs is 3. The number of aliphatic hydroxyl groups is 3. The van der Waals surface area contributed by atoms with Gasteiger partial charge in [-0.1, -0.05) is 26.0 Å². The van der Waals surface area contributed by atoms with Crippen molar-refractivity contribution in [3.63, 3.8) is 0 Å². The molecule has 4 aliphatic heterocycles. The second kappa shape index (κ2) is 12.3. The third-order valence-electron chi connectivity index (χ3n) is 8.25. The number of nitrogens with zero attached hydrogens (tertiary/aromatic N) is 2. The van der Waals surface area contributed by atoms with Gasteiger partial charge in [0.15, 0.2) is 0 Å². The van der Waals surface area contributed by atoms with E-state index in [0.717, 1.165) is 19.4 Å². The zero-order chi connectivity index (χ0) is 26.8. The van der Waals surface area contributed by atoms with Crippen LogP contribution in [-0.2, 0) is 14.3 Å². The fourth-order valence-corrected chi connectivity index (χ4v) is 7.69. The van der Waals surface area contributed by atoms with Gasteiger partial charge in [0, 0.05) is 13.2 Å². The summed E-state index contributed by atoms with van der Waals surface area (Å²) in [5.74, 6) is 1.32. The van der Waals surface area contributed by atoms with Crippen LogP contribution in [-0.4, -0.2) is 97.8 Å². The van der Waals surface area contributed by atoms with Crippen molar-refractivity contribution in [2.75, 3.05) is 13.2 Å². The highest BCUT2D eigenvalue weighted by Crippen LogP contribution is 2.41. The van der Waals surface area contributed by atoms with E-state index in [2.05, 4.69) is 39.9 Å². The number of aromatic nitrogens is 3. The third-order valence-corrected chi connectivity index (χ3v) is 9.67. The highest BCUT2D eigenvalue weighted by atomic mass is 32.2. The molecule has 11 nitrogen and oxygen atoms in total. The molecule has 0 radical (unpaired) electrons. The van der Waals surface area contributed by atoms with Crippen molar-refractivity contribution >= 4 is 17.7 Å². The van der Waals surface area contributed by atoms with E-state index in [1.165, 1.54) is 18.2 Å². The molecule has 212 valence electrons. The molecular weight excluding hydrogens is 510 g/mol. The van der Waals surface area contributed by atoms with E-state index in [4.69, 9.17) is 9.47 Å². The molecule has 11 atom stereocenters. The first kappa shape index (κ1) is 28.0. The monoisotopic (exact) mass is 551 g/mol. The highest BCUT2D eigenvalue weighted by Gasteiger charge is 2.49. The molecule has 0 aliphatic carbocycles. The number of hydrogen-bond donors (Lipinski definition) is 6. The maximum Gasteiger partial charge on any atom is 0.240 e. The summed E-state index contributed by atoms with van der Waals surface area (Å²) in [4.78, 5) is 13.6. The number of nitrogens with one attached hydrogen (secondary N) is 3. The zero-order valence-corrected chi connectivity index (χ0v) is 22.8. The molecule has 12 heteroatoms. The predicted molar refractivity (Wildman–Crippen MR) is 141 cm³/mol. The summed E-state index contributed by atoms with van der Waals surface area (Å²) in [7, 11) is 0. The van der Waals surface area contributed by atoms with E-state index in [9.17, 15) is 20.1 Å². The number of ether oxygens (including phenoxy) is 2. The van der Waals surface area contributed by atoms with Gasteiger partial charge in [-0.2, -0.15) is 15.4 Å². The van der Waals surface area contributed by atoms with E-state index in [1.54, 1.807) is 6.20 Å². The SMILES string of the molecule is CC(C)C[C@@H]1CCO[C@@H]2[C@H](CN[C@@H]2C(=O)N[C@@H]2CC=CC[C@@H](c3cn[nH]n3)S[C@H]3O[C@H]2[C@H](O)[C@H](O)[C@H]3O)C1. The van der Waals surface area contributed by atoms with Crippen LogP contribution in [0.4, 0.5) is 0 Å². The first-order chi connectivity index (χ1) is 18.3. The smallest absolute Gasteiger partial charge is 0.240 e. The summed E-state index contributed by atoms with van der Waals surface area (Å²) in [6, 6.07) is -1.09. The number of carbonyl (C=O) groups excluding carboxylic acids is 1. The van der Waals surface area contributed by atoms with Crippen LogP contribution in [0.1, 0.15) is 56.9 Å². The van der Waals surface area contributed by atoms with Crippen molar-refractivity contribution < 1.29 is 29.6 Å². The number of rotatable bonds is 5. The third kappa shape index (κ3) is 6.11. The molecule has 0 aromatic carbocycles. The molecule has 3 saturated heterocycles. The van der Waals surface area contributed by atoms with Crippen LogP contribution < -0.4 is 10.6 Å². The van der Waals surface area contributed by atoms with Gasteiger partial charge in [-0.3, -0.25) is 4.79 Å². The van der Waals surface area contributed by atoms with Gasteiger partial charge < -0.3 is 35.4 Å². The van der Waals surface area contributed by atoms with E-state index >= 15 is 0 Å². The predicted octanol–water partition coefficient (Wildman–Crippen LogP) is 0.651. The van der Waals surface area contributed by atoms with Crippen LogP contribution >= 0.6 is 11.8 Å². The lowest BCUT2D eigenvalue weighted by Crippen LogP contribution is -2.64. The normalized spacial score (nSPS) is 41.9. The number of H-pyrrole nitrogens is 1. The summed E-state index contributed by atoms with van der Waals surface area (Å²) in [6.07, 6.45) is 4.66. The first-order valence-corrected chi connectivity index (χ1v) is 14.8. The van der Waals surface area contributed by atoms with Crippen LogP contribution in [0, 0.1) is 17.8 Å². The van der Waals surface area contributed by atoms with Gasteiger partial charge in [0.1, 0.15) is 35.9 Å². The van der Waals surface area contributed by atoms with Crippen molar-refractivity contribution in [1.82, 2.24) is 26.0 Å². The number of carbonyl (C=O) groups is 1. The lowest BCUT2D eigenvalue weighted by atomic mass is 9.85. The molecule has 0 spiro atoms. The van der Waals surface area contributed by atoms with Gasteiger partial charge in [0.25, 0.3) is 0 Å². The number of thioether (sulfide) groups is 1. The standard InChI is InChI=1S/C26H41N5O6S/c1-13(2)9-14-7-8-36-23-15(10-14)11-27-19(23)25(35)29-16-5-3-4-6-18(17-12-28-31-30-17)38-26-22(34)20(32)21(33)24(16)37-26/h3-4,12-16,18-24,26-27,32-34H,5-11H2,1-2H3,(H,29,35)(H,28,30,31)/t14-,15-,16+,18-,19-,20-,21+,22+,23+,24+,26+/m0/s1. The molecule has 0 saturated carbocycles.